The Morgan fingerprint density at radius 2 is 2.24 bits per heavy atom. The van der Waals surface area contributed by atoms with E-state index in [4.69, 9.17) is 4.74 Å². The van der Waals surface area contributed by atoms with E-state index in [1.165, 1.54) is 11.8 Å². The fourth-order valence-electron chi connectivity index (χ4n) is 2.33. The van der Waals surface area contributed by atoms with Crippen LogP contribution in [0.3, 0.4) is 0 Å². The van der Waals surface area contributed by atoms with Crippen LogP contribution in [-0.2, 0) is 17.9 Å². The molecule has 25 heavy (non-hydrogen) atoms. The minimum atomic E-state index is 0.0402. The Balaban J connectivity index is 1.62. The minimum Gasteiger partial charge on any atom is -0.485 e. The SMILES string of the molecule is C=CCn1c(COc2ccccc2C)nnc1SCC(=O)NC1CC1. The Bertz CT molecular complexity index is 755. The summed E-state index contributed by atoms with van der Waals surface area (Å²) in [4.78, 5) is 11.9. The van der Waals surface area contributed by atoms with E-state index in [0.29, 0.717) is 35.9 Å². The van der Waals surface area contributed by atoms with Crippen LogP contribution in [0.15, 0.2) is 42.1 Å². The number of carbonyl (C=O) groups excluding carboxylic acids is 1. The molecule has 0 saturated heterocycles. The van der Waals surface area contributed by atoms with Crippen molar-refractivity contribution < 1.29 is 9.53 Å². The van der Waals surface area contributed by atoms with Crippen molar-refractivity contribution >= 4 is 17.7 Å². The summed E-state index contributed by atoms with van der Waals surface area (Å²) >= 11 is 1.38. The molecule has 1 N–H and O–H groups in total. The third-order valence-corrected chi connectivity index (χ3v) is 4.80. The number of benzene rings is 1. The van der Waals surface area contributed by atoms with Gasteiger partial charge in [-0.25, -0.2) is 0 Å². The van der Waals surface area contributed by atoms with Gasteiger partial charge in [-0.2, -0.15) is 0 Å². The predicted molar refractivity (Wildman–Crippen MR) is 97.6 cm³/mol. The number of carbonyl (C=O) groups is 1. The van der Waals surface area contributed by atoms with E-state index in [-0.39, 0.29) is 5.91 Å². The maximum absolute atomic E-state index is 11.9. The average Bonchev–Trinajstić information content (AvgIpc) is 3.33. The predicted octanol–water partition coefficient (Wildman–Crippen LogP) is 2.72. The maximum Gasteiger partial charge on any atom is 0.230 e. The second-order valence-electron chi connectivity index (χ2n) is 5.98. The second kappa shape index (κ2) is 8.20. The summed E-state index contributed by atoms with van der Waals surface area (Å²) in [6.45, 7) is 6.69. The van der Waals surface area contributed by atoms with Crippen LogP contribution in [0.5, 0.6) is 5.75 Å². The van der Waals surface area contributed by atoms with E-state index in [9.17, 15) is 4.79 Å². The van der Waals surface area contributed by atoms with Crippen molar-refractivity contribution in [2.24, 2.45) is 0 Å². The van der Waals surface area contributed by atoms with Crippen molar-refractivity contribution in [1.82, 2.24) is 20.1 Å². The van der Waals surface area contributed by atoms with Crippen LogP contribution >= 0.6 is 11.8 Å². The van der Waals surface area contributed by atoms with Gasteiger partial charge in [0, 0.05) is 12.6 Å². The third kappa shape index (κ3) is 4.85. The molecule has 0 unspecified atom stereocenters. The van der Waals surface area contributed by atoms with Gasteiger partial charge in [0.15, 0.2) is 11.0 Å². The fourth-order valence-corrected chi connectivity index (χ4v) is 3.11. The van der Waals surface area contributed by atoms with Crippen LogP contribution < -0.4 is 10.1 Å². The van der Waals surface area contributed by atoms with E-state index in [1.807, 2.05) is 35.8 Å². The van der Waals surface area contributed by atoms with Crippen LogP contribution in [0.4, 0.5) is 0 Å². The van der Waals surface area contributed by atoms with Crippen LogP contribution in [0.25, 0.3) is 0 Å². The van der Waals surface area contributed by atoms with E-state index in [1.54, 1.807) is 6.08 Å². The molecule has 0 radical (unpaired) electrons. The molecule has 1 saturated carbocycles. The normalized spacial score (nSPS) is 13.5. The van der Waals surface area contributed by atoms with Gasteiger partial charge < -0.3 is 10.1 Å². The molecule has 1 aliphatic rings. The second-order valence-corrected chi connectivity index (χ2v) is 6.93. The lowest BCUT2D eigenvalue weighted by molar-refractivity contribution is -0.118. The molecule has 1 fully saturated rings. The molecule has 0 aliphatic heterocycles. The number of aryl methyl sites for hydroxylation is 1. The van der Waals surface area contributed by atoms with Crippen molar-refractivity contribution in [2.75, 3.05) is 5.75 Å². The summed E-state index contributed by atoms with van der Waals surface area (Å²) in [5.74, 6) is 1.92. The Morgan fingerprint density at radius 3 is 2.96 bits per heavy atom. The third-order valence-electron chi connectivity index (χ3n) is 3.83. The number of hydrogen-bond donors (Lipinski definition) is 1. The quantitative estimate of drug-likeness (QED) is 0.551. The molecule has 1 aromatic carbocycles. The number of thioether (sulfide) groups is 1. The Hall–Kier alpha value is -2.28. The number of aromatic nitrogens is 3. The van der Waals surface area contributed by atoms with E-state index in [2.05, 4.69) is 22.1 Å². The summed E-state index contributed by atoms with van der Waals surface area (Å²) in [5.41, 5.74) is 1.07. The van der Waals surface area contributed by atoms with Gasteiger partial charge in [-0.05, 0) is 31.4 Å². The maximum atomic E-state index is 11.9. The Labute approximate surface area is 151 Å². The first-order valence-corrected chi connectivity index (χ1v) is 9.29. The zero-order valence-corrected chi connectivity index (χ0v) is 15.1. The summed E-state index contributed by atoms with van der Waals surface area (Å²) in [5, 5.41) is 12.1. The number of hydrogen-bond acceptors (Lipinski definition) is 5. The van der Waals surface area contributed by atoms with Gasteiger partial charge in [0.2, 0.25) is 5.91 Å². The van der Waals surface area contributed by atoms with Crippen LogP contribution in [-0.4, -0.2) is 32.5 Å². The van der Waals surface area contributed by atoms with Crippen LogP contribution in [0, 0.1) is 6.92 Å². The van der Waals surface area contributed by atoms with E-state index < -0.39 is 0 Å². The molecule has 2 aromatic rings. The molecular weight excluding hydrogens is 336 g/mol. The van der Waals surface area contributed by atoms with Gasteiger partial charge in [0.05, 0.1) is 5.75 Å². The van der Waals surface area contributed by atoms with Gasteiger partial charge in [0.1, 0.15) is 12.4 Å². The van der Waals surface area contributed by atoms with E-state index in [0.717, 1.165) is 24.2 Å². The molecule has 1 aliphatic carbocycles. The first-order valence-electron chi connectivity index (χ1n) is 8.31. The number of nitrogens with zero attached hydrogens (tertiary/aromatic N) is 3. The molecular formula is C18H22N4O2S. The lowest BCUT2D eigenvalue weighted by Crippen LogP contribution is -2.27. The van der Waals surface area contributed by atoms with Crippen LogP contribution in [0.1, 0.15) is 24.2 Å². The molecule has 1 amide bonds. The minimum absolute atomic E-state index is 0.0402. The Kier molecular flexibility index (Phi) is 5.75. The van der Waals surface area contributed by atoms with Gasteiger partial charge in [0.25, 0.3) is 0 Å². The van der Waals surface area contributed by atoms with Crippen molar-refractivity contribution in [2.45, 2.75) is 44.1 Å². The first-order chi connectivity index (χ1) is 12.2. The van der Waals surface area contributed by atoms with E-state index >= 15 is 0 Å². The molecule has 0 atom stereocenters. The average molecular weight is 358 g/mol. The number of rotatable bonds is 9. The summed E-state index contributed by atoms with van der Waals surface area (Å²) in [7, 11) is 0. The highest BCUT2D eigenvalue weighted by Gasteiger charge is 2.23. The van der Waals surface area contributed by atoms with Crippen molar-refractivity contribution in [3.8, 4) is 5.75 Å². The lowest BCUT2D eigenvalue weighted by atomic mass is 10.2. The highest BCUT2D eigenvalue weighted by molar-refractivity contribution is 7.99. The molecule has 6 nitrogen and oxygen atoms in total. The van der Waals surface area contributed by atoms with Gasteiger partial charge in [-0.3, -0.25) is 9.36 Å². The van der Waals surface area contributed by atoms with Crippen molar-refractivity contribution in [3.63, 3.8) is 0 Å². The zero-order chi connectivity index (χ0) is 17.6. The molecule has 3 rings (SSSR count). The number of ether oxygens (including phenoxy) is 1. The molecule has 132 valence electrons. The monoisotopic (exact) mass is 358 g/mol. The lowest BCUT2D eigenvalue weighted by Gasteiger charge is -2.10. The fraction of sp³-hybridized carbons (Fsp3) is 0.389. The number of para-hydroxylation sites is 1. The van der Waals surface area contributed by atoms with Gasteiger partial charge >= 0.3 is 0 Å². The number of allylic oxidation sites excluding steroid dienone is 1. The van der Waals surface area contributed by atoms with Crippen LogP contribution in [0.2, 0.25) is 0 Å². The van der Waals surface area contributed by atoms with Crippen molar-refractivity contribution in [3.05, 3.63) is 48.3 Å². The number of amides is 1. The summed E-state index contributed by atoms with van der Waals surface area (Å²) in [6.07, 6.45) is 3.96. The molecule has 1 heterocycles. The van der Waals surface area contributed by atoms with Crippen molar-refractivity contribution in [1.29, 1.82) is 0 Å². The smallest absolute Gasteiger partial charge is 0.230 e. The Morgan fingerprint density at radius 1 is 1.44 bits per heavy atom. The largest absolute Gasteiger partial charge is 0.485 e. The molecule has 1 aromatic heterocycles. The standard InChI is InChI=1S/C18H22N4O2S/c1-3-10-22-16(11-24-15-7-5-4-6-13(15)2)20-21-18(22)25-12-17(23)19-14-8-9-14/h3-7,14H,1,8-12H2,2H3,(H,19,23). The highest BCUT2D eigenvalue weighted by Crippen LogP contribution is 2.22. The van der Waals surface area contributed by atoms with Gasteiger partial charge in [-0.1, -0.05) is 36.0 Å². The topological polar surface area (TPSA) is 69.0 Å². The number of nitrogens with one attached hydrogen (secondary N) is 1. The summed E-state index contributed by atoms with van der Waals surface area (Å²) in [6, 6.07) is 8.22. The molecule has 7 heteroatoms. The first kappa shape index (κ1) is 17.5. The zero-order valence-electron chi connectivity index (χ0n) is 14.3. The molecule has 0 bridgehead atoms. The highest BCUT2D eigenvalue weighted by atomic mass is 32.2. The molecule has 0 spiro atoms. The summed E-state index contributed by atoms with van der Waals surface area (Å²) < 4.78 is 7.79. The van der Waals surface area contributed by atoms with Gasteiger partial charge in [-0.15, -0.1) is 16.8 Å².